The standard InChI is InChI=1S/C22H34N4O/c1-22(2,3)19-8-9-20(24-23-19)25-12-10-16(11-13-25)21(27)26-14-17-6-4-5-7-18(17)15-26/h8-9,16-18H,4-7,10-15H2,1-3H3. The summed E-state index contributed by atoms with van der Waals surface area (Å²) in [4.78, 5) is 17.5. The van der Waals surface area contributed by atoms with Crippen molar-refractivity contribution in [3.05, 3.63) is 17.8 Å². The van der Waals surface area contributed by atoms with Crippen LogP contribution in [0.25, 0.3) is 0 Å². The maximum atomic E-state index is 13.0. The number of aromatic nitrogens is 2. The first-order valence-electron chi connectivity index (χ1n) is 10.8. The Hall–Kier alpha value is -1.65. The predicted molar refractivity (Wildman–Crippen MR) is 108 cm³/mol. The molecule has 0 spiro atoms. The molecule has 4 rings (SSSR count). The van der Waals surface area contributed by atoms with Gasteiger partial charge in [-0.3, -0.25) is 4.79 Å². The SMILES string of the molecule is CC(C)(C)c1ccc(N2CCC(C(=O)N3CC4CCCCC4C3)CC2)nn1. The first kappa shape index (κ1) is 18.7. The zero-order valence-electron chi connectivity index (χ0n) is 17.2. The minimum absolute atomic E-state index is 0.0256. The van der Waals surface area contributed by atoms with Gasteiger partial charge in [0.05, 0.1) is 5.69 Å². The highest BCUT2D eigenvalue weighted by Gasteiger charge is 2.39. The number of hydrogen-bond acceptors (Lipinski definition) is 4. The van der Waals surface area contributed by atoms with Crippen LogP contribution in [0.5, 0.6) is 0 Å². The summed E-state index contributed by atoms with van der Waals surface area (Å²) in [6.07, 6.45) is 7.25. The van der Waals surface area contributed by atoms with Crippen molar-refractivity contribution in [2.24, 2.45) is 17.8 Å². The zero-order chi connectivity index (χ0) is 19.0. The Morgan fingerprint density at radius 1 is 0.963 bits per heavy atom. The smallest absolute Gasteiger partial charge is 0.225 e. The molecule has 0 radical (unpaired) electrons. The number of likely N-dealkylation sites (tertiary alicyclic amines) is 1. The van der Waals surface area contributed by atoms with Crippen molar-refractivity contribution in [1.29, 1.82) is 0 Å². The van der Waals surface area contributed by atoms with E-state index in [-0.39, 0.29) is 11.3 Å². The monoisotopic (exact) mass is 370 g/mol. The fraction of sp³-hybridized carbons (Fsp3) is 0.773. The third-order valence-electron chi connectivity index (χ3n) is 6.88. The van der Waals surface area contributed by atoms with Crippen molar-refractivity contribution >= 4 is 11.7 Å². The third-order valence-corrected chi connectivity index (χ3v) is 6.88. The molecular weight excluding hydrogens is 336 g/mol. The fourth-order valence-corrected chi connectivity index (χ4v) is 5.09. The summed E-state index contributed by atoms with van der Waals surface area (Å²) in [5, 5.41) is 8.86. The second-order valence-electron chi connectivity index (χ2n) is 9.84. The molecule has 5 nitrogen and oxygen atoms in total. The number of amides is 1. The van der Waals surface area contributed by atoms with E-state index in [4.69, 9.17) is 0 Å². The average molecular weight is 371 g/mol. The van der Waals surface area contributed by atoms with E-state index in [0.29, 0.717) is 5.91 Å². The van der Waals surface area contributed by atoms with E-state index in [2.05, 4.69) is 52.9 Å². The summed E-state index contributed by atoms with van der Waals surface area (Å²) in [6.45, 7) is 10.3. The number of fused-ring (bicyclic) bond motifs is 1. The lowest BCUT2D eigenvalue weighted by Crippen LogP contribution is -2.42. The molecular formula is C22H34N4O. The molecule has 1 saturated carbocycles. The van der Waals surface area contributed by atoms with Gasteiger partial charge in [0.15, 0.2) is 5.82 Å². The lowest BCUT2D eigenvalue weighted by molar-refractivity contribution is -0.135. The number of piperidine rings is 1. The van der Waals surface area contributed by atoms with Crippen LogP contribution in [0, 0.1) is 17.8 Å². The first-order valence-corrected chi connectivity index (χ1v) is 10.8. The topological polar surface area (TPSA) is 49.3 Å². The molecule has 148 valence electrons. The molecule has 2 atom stereocenters. The van der Waals surface area contributed by atoms with E-state index in [9.17, 15) is 4.79 Å². The lowest BCUT2D eigenvalue weighted by atomic mass is 9.82. The molecule has 0 bridgehead atoms. The van der Waals surface area contributed by atoms with Gasteiger partial charge in [-0.05, 0) is 49.7 Å². The summed E-state index contributed by atoms with van der Waals surface area (Å²) in [5.41, 5.74) is 1.05. The van der Waals surface area contributed by atoms with E-state index in [1.807, 2.05) is 0 Å². The minimum atomic E-state index is 0.0256. The van der Waals surface area contributed by atoms with Gasteiger partial charge in [0, 0.05) is 37.5 Å². The normalized spacial score (nSPS) is 26.9. The molecule has 0 aromatic carbocycles. The highest BCUT2D eigenvalue weighted by atomic mass is 16.2. The highest BCUT2D eigenvalue weighted by molar-refractivity contribution is 5.79. The molecule has 3 heterocycles. The van der Waals surface area contributed by atoms with Crippen LogP contribution >= 0.6 is 0 Å². The summed E-state index contributed by atoms with van der Waals surface area (Å²) in [6, 6.07) is 4.17. The molecule has 2 unspecified atom stereocenters. The first-order chi connectivity index (χ1) is 12.9. The Morgan fingerprint density at radius 3 is 2.11 bits per heavy atom. The van der Waals surface area contributed by atoms with Gasteiger partial charge in [-0.15, -0.1) is 5.10 Å². The molecule has 2 aliphatic heterocycles. The molecule has 3 aliphatic rings. The predicted octanol–water partition coefficient (Wildman–Crippen LogP) is 3.64. The van der Waals surface area contributed by atoms with Gasteiger partial charge < -0.3 is 9.80 Å². The Morgan fingerprint density at radius 2 is 1.59 bits per heavy atom. The second kappa shape index (κ2) is 7.40. The molecule has 1 aromatic heterocycles. The van der Waals surface area contributed by atoms with E-state index in [1.165, 1.54) is 25.7 Å². The van der Waals surface area contributed by atoms with Crippen LogP contribution in [0.2, 0.25) is 0 Å². The number of rotatable bonds is 2. The van der Waals surface area contributed by atoms with Gasteiger partial charge in [0.2, 0.25) is 5.91 Å². The van der Waals surface area contributed by atoms with Crippen molar-refractivity contribution in [2.75, 3.05) is 31.1 Å². The van der Waals surface area contributed by atoms with Crippen molar-refractivity contribution < 1.29 is 4.79 Å². The van der Waals surface area contributed by atoms with Crippen molar-refractivity contribution in [3.63, 3.8) is 0 Å². The average Bonchev–Trinajstić information content (AvgIpc) is 3.11. The van der Waals surface area contributed by atoms with E-state index in [0.717, 1.165) is 62.4 Å². The Bertz CT molecular complexity index is 644. The highest BCUT2D eigenvalue weighted by Crippen LogP contribution is 2.37. The van der Waals surface area contributed by atoms with Crippen LogP contribution in [-0.4, -0.2) is 47.2 Å². The Labute approximate surface area is 163 Å². The van der Waals surface area contributed by atoms with Gasteiger partial charge in [0.25, 0.3) is 0 Å². The molecule has 2 saturated heterocycles. The van der Waals surface area contributed by atoms with Crippen molar-refractivity contribution in [2.45, 2.75) is 64.7 Å². The largest absolute Gasteiger partial charge is 0.355 e. The quantitative estimate of drug-likeness (QED) is 0.797. The van der Waals surface area contributed by atoms with E-state index < -0.39 is 0 Å². The third kappa shape index (κ3) is 3.97. The van der Waals surface area contributed by atoms with Crippen molar-refractivity contribution in [3.8, 4) is 0 Å². The fourth-order valence-electron chi connectivity index (χ4n) is 5.09. The Balaban J connectivity index is 1.31. The van der Waals surface area contributed by atoms with Crippen molar-refractivity contribution in [1.82, 2.24) is 15.1 Å². The molecule has 0 N–H and O–H groups in total. The Kier molecular flexibility index (Phi) is 5.13. The maximum Gasteiger partial charge on any atom is 0.225 e. The van der Waals surface area contributed by atoms with Gasteiger partial charge in [-0.25, -0.2) is 0 Å². The van der Waals surface area contributed by atoms with Crippen LogP contribution in [0.3, 0.4) is 0 Å². The van der Waals surface area contributed by atoms with Gasteiger partial charge in [0.1, 0.15) is 0 Å². The second-order valence-corrected chi connectivity index (χ2v) is 9.84. The van der Waals surface area contributed by atoms with Gasteiger partial charge >= 0.3 is 0 Å². The molecule has 3 fully saturated rings. The molecule has 1 amide bonds. The van der Waals surface area contributed by atoms with Crippen LogP contribution in [0.1, 0.15) is 65.0 Å². The summed E-state index contributed by atoms with van der Waals surface area (Å²) < 4.78 is 0. The van der Waals surface area contributed by atoms with Crippen LogP contribution in [-0.2, 0) is 10.2 Å². The van der Waals surface area contributed by atoms with Crippen LogP contribution in [0.4, 0.5) is 5.82 Å². The summed E-state index contributed by atoms with van der Waals surface area (Å²) in [5.74, 6) is 3.11. The minimum Gasteiger partial charge on any atom is -0.355 e. The van der Waals surface area contributed by atoms with Gasteiger partial charge in [-0.1, -0.05) is 33.6 Å². The number of anilines is 1. The van der Waals surface area contributed by atoms with Crippen LogP contribution < -0.4 is 4.90 Å². The molecule has 1 aromatic rings. The van der Waals surface area contributed by atoms with Crippen LogP contribution in [0.15, 0.2) is 12.1 Å². The lowest BCUT2D eigenvalue weighted by Gasteiger charge is -2.33. The van der Waals surface area contributed by atoms with E-state index in [1.54, 1.807) is 0 Å². The maximum absolute atomic E-state index is 13.0. The van der Waals surface area contributed by atoms with E-state index >= 15 is 0 Å². The zero-order valence-corrected chi connectivity index (χ0v) is 17.2. The number of nitrogens with zero attached hydrogens (tertiary/aromatic N) is 4. The number of carbonyl (C=O) groups excluding carboxylic acids is 1. The molecule has 1 aliphatic carbocycles. The summed E-state index contributed by atoms with van der Waals surface area (Å²) in [7, 11) is 0. The molecule has 27 heavy (non-hydrogen) atoms. The van der Waals surface area contributed by atoms with Gasteiger partial charge in [-0.2, -0.15) is 5.10 Å². The number of carbonyl (C=O) groups is 1. The molecule has 5 heteroatoms. The summed E-state index contributed by atoms with van der Waals surface area (Å²) >= 11 is 0. The number of hydrogen-bond donors (Lipinski definition) is 0.